The highest BCUT2D eigenvalue weighted by Crippen LogP contribution is 2.29. The predicted molar refractivity (Wildman–Crippen MR) is 135 cm³/mol. The summed E-state index contributed by atoms with van der Waals surface area (Å²) < 4.78 is 10.9. The first-order chi connectivity index (χ1) is 17.1. The number of nitrogens with one attached hydrogen (secondary N) is 1. The summed E-state index contributed by atoms with van der Waals surface area (Å²) in [6, 6.07) is 22.5. The van der Waals surface area contributed by atoms with Gasteiger partial charge in [0.05, 0.1) is 25.1 Å². The molecule has 1 saturated heterocycles. The fourth-order valence-electron chi connectivity index (χ4n) is 4.16. The molecule has 0 bridgehead atoms. The van der Waals surface area contributed by atoms with Crippen LogP contribution in [0.3, 0.4) is 0 Å². The van der Waals surface area contributed by atoms with Gasteiger partial charge in [0.25, 0.3) is 5.91 Å². The first-order valence-electron chi connectivity index (χ1n) is 11.5. The fourth-order valence-corrected chi connectivity index (χ4v) is 4.16. The van der Waals surface area contributed by atoms with Gasteiger partial charge >= 0.3 is 0 Å². The largest absolute Gasteiger partial charge is 0.378 e. The van der Waals surface area contributed by atoms with Crippen LogP contribution in [0.25, 0.3) is 22.2 Å². The minimum atomic E-state index is -0.268. The second-order valence-electron chi connectivity index (χ2n) is 8.47. The molecule has 1 aromatic heterocycles. The molecule has 0 saturated carbocycles. The number of rotatable bonds is 6. The van der Waals surface area contributed by atoms with Gasteiger partial charge in [0, 0.05) is 42.6 Å². The van der Waals surface area contributed by atoms with E-state index in [4.69, 9.17) is 9.26 Å². The average Bonchev–Trinajstić information content (AvgIpc) is 3.33. The van der Waals surface area contributed by atoms with Crippen LogP contribution in [-0.2, 0) is 9.53 Å². The maximum absolute atomic E-state index is 13.0. The predicted octanol–water partition coefficient (Wildman–Crippen LogP) is 4.04. The molecule has 3 aromatic carbocycles. The minimum Gasteiger partial charge on any atom is -0.378 e. The summed E-state index contributed by atoms with van der Waals surface area (Å²) >= 11 is 0. The molecule has 1 N–H and O–H groups in total. The zero-order valence-corrected chi connectivity index (χ0v) is 19.4. The number of anilines is 2. The number of amides is 2. The third-order valence-electron chi connectivity index (χ3n) is 6.01. The minimum absolute atomic E-state index is 0.0722. The van der Waals surface area contributed by atoms with Crippen LogP contribution in [0.2, 0.25) is 0 Å². The summed E-state index contributed by atoms with van der Waals surface area (Å²) in [6.45, 7) is 3.07. The van der Waals surface area contributed by atoms with Gasteiger partial charge in [0.1, 0.15) is 5.52 Å². The molecule has 8 heteroatoms. The summed E-state index contributed by atoms with van der Waals surface area (Å²) in [6.07, 6.45) is 0. The lowest BCUT2D eigenvalue weighted by molar-refractivity contribution is -0.116. The van der Waals surface area contributed by atoms with E-state index in [1.54, 1.807) is 25.2 Å². The Hall–Kier alpha value is -4.17. The van der Waals surface area contributed by atoms with Crippen molar-refractivity contribution >= 4 is 34.1 Å². The van der Waals surface area contributed by atoms with Gasteiger partial charge in [-0.3, -0.25) is 9.59 Å². The van der Waals surface area contributed by atoms with E-state index in [9.17, 15) is 9.59 Å². The number of nitrogens with zero attached hydrogens (tertiary/aromatic N) is 3. The number of benzene rings is 3. The lowest BCUT2D eigenvalue weighted by atomic mass is 10.1. The number of fused-ring (bicyclic) bond motifs is 1. The fraction of sp³-hybridized carbons (Fsp3) is 0.222. The molecule has 4 aromatic rings. The summed E-state index contributed by atoms with van der Waals surface area (Å²) in [7, 11) is 1.61. The highest BCUT2D eigenvalue weighted by atomic mass is 16.5. The third-order valence-corrected chi connectivity index (χ3v) is 6.01. The van der Waals surface area contributed by atoms with Crippen molar-refractivity contribution < 1.29 is 18.8 Å². The van der Waals surface area contributed by atoms with Crippen LogP contribution in [0.5, 0.6) is 0 Å². The molecular weight excluding hydrogens is 444 g/mol. The van der Waals surface area contributed by atoms with Crippen molar-refractivity contribution in [3.8, 4) is 11.3 Å². The van der Waals surface area contributed by atoms with Crippen molar-refractivity contribution in [3.63, 3.8) is 0 Å². The Labute approximate surface area is 203 Å². The number of carbonyl (C=O) groups excluding carboxylic acids is 2. The van der Waals surface area contributed by atoms with E-state index in [-0.39, 0.29) is 18.4 Å². The number of likely N-dealkylation sites (N-methyl/N-ethyl adjacent to an activating group) is 1. The van der Waals surface area contributed by atoms with E-state index < -0.39 is 0 Å². The van der Waals surface area contributed by atoms with Crippen LogP contribution < -0.4 is 10.2 Å². The summed E-state index contributed by atoms with van der Waals surface area (Å²) in [5.41, 5.74) is 3.79. The monoisotopic (exact) mass is 470 g/mol. The van der Waals surface area contributed by atoms with Gasteiger partial charge in [-0.25, -0.2) is 0 Å². The molecule has 0 radical (unpaired) electrons. The van der Waals surface area contributed by atoms with Crippen LogP contribution in [-0.4, -0.2) is 61.8 Å². The van der Waals surface area contributed by atoms with E-state index in [1.165, 1.54) is 4.90 Å². The van der Waals surface area contributed by atoms with E-state index >= 15 is 0 Å². The van der Waals surface area contributed by atoms with Crippen molar-refractivity contribution in [1.29, 1.82) is 0 Å². The SMILES string of the molecule is CN(CC(=O)Nc1ccc(N2CCOCC2)cc1)C(=O)c1ccc2noc(-c3ccccc3)c2c1. The van der Waals surface area contributed by atoms with Gasteiger partial charge in [-0.05, 0) is 42.5 Å². The number of ether oxygens (including phenoxy) is 1. The maximum atomic E-state index is 13.0. The van der Waals surface area contributed by atoms with Crippen molar-refractivity contribution in [2.45, 2.75) is 0 Å². The van der Waals surface area contributed by atoms with Crippen molar-refractivity contribution in [2.75, 3.05) is 50.1 Å². The molecule has 8 nitrogen and oxygen atoms in total. The highest BCUT2D eigenvalue weighted by Gasteiger charge is 2.18. The van der Waals surface area contributed by atoms with E-state index in [1.807, 2.05) is 54.6 Å². The molecule has 35 heavy (non-hydrogen) atoms. The molecule has 2 heterocycles. The van der Waals surface area contributed by atoms with Gasteiger partial charge in [-0.1, -0.05) is 35.5 Å². The lowest BCUT2D eigenvalue weighted by Crippen LogP contribution is -2.36. The normalized spacial score (nSPS) is 13.6. The van der Waals surface area contributed by atoms with Crippen molar-refractivity contribution in [1.82, 2.24) is 10.1 Å². The van der Waals surface area contributed by atoms with Crippen LogP contribution in [0.15, 0.2) is 77.3 Å². The van der Waals surface area contributed by atoms with Crippen molar-refractivity contribution in [2.24, 2.45) is 0 Å². The zero-order valence-electron chi connectivity index (χ0n) is 19.4. The number of carbonyl (C=O) groups is 2. The Kier molecular flexibility index (Phi) is 6.45. The quantitative estimate of drug-likeness (QED) is 0.458. The first kappa shape index (κ1) is 22.6. The van der Waals surface area contributed by atoms with Gasteiger partial charge < -0.3 is 24.4 Å². The molecular formula is C27H26N4O4. The van der Waals surface area contributed by atoms with Gasteiger partial charge in [0.2, 0.25) is 5.91 Å². The first-order valence-corrected chi connectivity index (χ1v) is 11.5. The van der Waals surface area contributed by atoms with Gasteiger partial charge in [-0.15, -0.1) is 0 Å². The van der Waals surface area contributed by atoms with Gasteiger partial charge in [0.15, 0.2) is 5.76 Å². The van der Waals surface area contributed by atoms with Crippen LogP contribution in [0.4, 0.5) is 11.4 Å². The second-order valence-corrected chi connectivity index (χ2v) is 8.47. The highest BCUT2D eigenvalue weighted by molar-refractivity contribution is 6.03. The van der Waals surface area contributed by atoms with E-state index in [0.717, 1.165) is 42.9 Å². The number of hydrogen-bond acceptors (Lipinski definition) is 6. The van der Waals surface area contributed by atoms with Crippen LogP contribution in [0, 0.1) is 0 Å². The summed E-state index contributed by atoms with van der Waals surface area (Å²) in [5, 5.41) is 7.71. The summed E-state index contributed by atoms with van der Waals surface area (Å²) in [4.78, 5) is 29.3. The van der Waals surface area contributed by atoms with Crippen molar-refractivity contribution in [3.05, 3.63) is 78.4 Å². The van der Waals surface area contributed by atoms with Crippen LogP contribution in [0.1, 0.15) is 10.4 Å². The zero-order chi connectivity index (χ0) is 24.2. The summed E-state index contributed by atoms with van der Waals surface area (Å²) in [5.74, 6) is 0.0807. The Morgan fingerprint density at radius 3 is 2.49 bits per heavy atom. The number of morpholine rings is 1. The Bertz CT molecular complexity index is 1330. The topological polar surface area (TPSA) is 87.9 Å². The number of hydrogen-bond donors (Lipinski definition) is 1. The smallest absolute Gasteiger partial charge is 0.254 e. The number of aromatic nitrogens is 1. The molecule has 1 fully saturated rings. The second kappa shape index (κ2) is 9.99. The molecule has 2 amide bonds. The molecule has 0 aliphatic carbocycles. The van der Waals surface area contributed by atoms with E-state index in [2.05, 4.69) is 15.4 Å². The Morgan fingerprint density at radius 1 is 1.00 bits per heavy atom. The Balaban J connectivity index is 1.23. The lowest BCUT2D eigenvalue weighted by Gasteiger charge is -2.28. The molecule has 178 valence electrons. The molecule has 0 unspecified atom stereocenters. The molecule has 1 aliphatic rings. The standard InChI is InChI=1S/C27H26N4O4/c1-30(18-25(32)28-21-8-10-22(11-9-21)31-13-15-34-16-14-31)27(33)20-7-12-24-23(17-20)26(35-29-24)19-5-3-2-4-6-19/h2-12,17H,13-16,18H2,1H3,(H,28,32). The molecule has 0 atom stereocenters. The molecule has 0 spiro atoms. The van der Waals surface area contributed by atoms with Gasteiger partial charge in [-0.2, -0.15) is 0 Å². The average molecular weight is 471 g/mol. The Morgan fingerprint density at radius 2 is 1.74 bits per heavy atom. The molecule has 1 aliphatic heterocycles. The van der Waals surface area contributed by atoms with E-state index in [0.29, 0.717) is 22.5 Å². The molecule has 5 rings (SSSR count). The maximum Gasteiger partial charge on any atom is 0.254 e. The third kappa shape index (κ3) is 5.02. The van der Waals surface area contributed by atoms with Crippen LogP contribution >= 0.6 is 0 Å².